The second kappa shape index (κ2) is 3.23. The van der Waals surface area contributed by atoms with Crippen LogP contribution >= 0.6 is 11.6 Å². The van der Waals surface area contributed by atoms with E-state index < -0.39 is 0 Å². The van der Waals surface area contributed by atoms with Gasteiger partial charge in [-0.3, -0.25) is 0 Å². The zero-order chi connectivity index (χ0) is 9.30. The molecule has 12 heavy (non-hydrogen) atoms. The average Bonchev–Trinajstić information content (AvgIpc) is 1.96. The number of benzene rings is 1. The van der Waals surface area contributed by atoms with Crippen LogP contribution in [0.2, 0.25) is 5.02 Å². The molecule has 0 saturated carbocycles. The Morgan fingerprint density at radius 2 is 1.83 bits per heavy atom. The fourth-order valence-corrected chi connectivity index (χ4v) is 1.37. The molecular formula is C9H13ClN2. The van der Waals surface area contributed by atoms with E-state index in [1.807, 2.05) is 6.07 Å². The lowest BCUT2D eigenvalue weighted by Crippen LogP contribution is -2.01. The Labute approximate surface area is 77.5 Å². The number of nitrogen functional groups attached to an aromatic ring is 2. The number of halogens is 1. The minimum Gasteiger partial charge on any atom is -0.397 e. The first-order valence-electron chi connectivity index (χ1n) is 3.86. The van der Waals surface area contributed by atoms with Crippen LogP contribution in [-0.2, 0) is 0 Å². The van der Waals surface area contributed by atoms with E-state index in [0.29, 0.717) is 22.3 Å². The summed E-state index contributed by atoms with van der Waals surface area (Å²) >= 11 is 5.83. The average molecular weight is 185 g/mol. The van der Waals surface area contributed by atoms with Gasteiger partial charge in [-0.25, -0.2) is 0 Å². The summed E-state index contributed by atoms with van der Waals surface area (Å²) in [4.78, 5) is 0. The Kier molecular flexibility index (Phi) is 2.48. The molecule has 0 aliphatic heterocycles. The topological polar surface area (TPSA) is 52.0 Å². The highest BCUT2D eigenvalue weighted by atomic mass is 35.5. The summed E-state index contributed by atoms with van der Waals surface area (Å²) in [7, 11) is 0. The predicted molar refractivity (Wildman–Crippen MR) is 54.4 cm³/mol. The summed E-state index contributed by atoms with van der Waals surface area (Å²) in [5.74, 6) is 0.353. The Morgan fingerprint density at radius 1 is 1.25 bits per heavy atom. The molecule has 1 rings (SSSR count). The molecule has 0 saturated heterocycles. The number of hydrogen-bond acceptors (Lipinski definition) is 2. The molecule has 0 fully saturated rings. The van der Waals surface area contributed by atoms with E-state index in [9.17, 15) is 0 Å². The molecule has 0 aromatic heterocycles. The van der Waals surface area contributed by atoms with Gasteiger partial charge in [-0.05, 0) is 23.6 Å². The monoisotopic (exact) mass is 184 g/mol. The van der Waals surface area contributed by atoms with Crippen molar-refractivity contribution in [3.05, 3.63) is 22.7 Å². The molecule has 2 nitrogen and oxygen atoms in total. The molecule has 4 N–H and O–H groups in total. The van der Waals surface area contributed by atoms with Crippen molar-refractivity contribution in [1.29, 1.82) is 0 Å². The van der Waals surface area contributed by atoms with Crippen molar-refractivity contribution in [2.75, 3.05) is 11.5 Å². The fraction of sp³-hybridized carbons (Fsp3) is 0.333. The van der Waals surface area contributed by atoms with Crippen molar-refractivity contribution >= 4 is 23.0 Å². The summed E-state index contributed by atoms with van der Waals surface area (Å²) in [5, 5.41) is 0.644. The van der Waals surface area contributed by atoms with E-state index in [0.717, 1.165) is 5.56 Å². The van der Waals surface area contributed by atoms with Gasteiger partial charge in [0.15, 0.2) is 0 Å². The maximum Gasteiger partial charge on any atom is 0.0584 e. The summed E-state index contributed by atoms with van der Waals surface area (Å²) in [5.41, 5.74) is 13.6. The fourth-order valence-electron chi connectivity index (χ4n) is 1.14. The van der Waals surface area contributed by atoms with Crippen molar-refractivity contribution in [2.45, 2.75) is 19.8 Å². The number of rotatable bonds is 1. The Balaban J connectivity index is 3.28. The minimum atomic E-state index is 0.353. The van der Waals surface area contributed by atoms with Crippen LogP contribution in [0.3, 0.4) is 0 Å². The van der Waals surface area contributed by atoms with Crippen LogP contribution in [0.4, 0.5) is 11.4 Å². The Hall–Kier alpha value is -0.890. The lowest BCUT2D eigenvalue weighted by molar-refractivity contribution is 0.870. The van der Waals surface area contributed by atoms with E-state index in [-0.39, 0.29) is 0 Å². The van der Waals surface area contributed by atoms with Gasteiger partial charge in [0.05, 0.1) is 11.4 Å². The first-order valence-corrected chi connectivity index (χ1v) is 4.24. The third kappa shape index (κ3) is 1.64. The number of hydrogen-bond donors (Lipinski definition) is 2. The highest BCUT2D eigenvalue weighted by Gasteiger charge is 2.07. The van der Waals surface area contributed by atoms with Gasteiger partial charge >= 0.3 is 0 Å². The highest BCUT2D eigenvalue weighted by Crippen LogP contribution is 2.30. The lowest BCUT2D eigenvalue weighted by Gasteiger charge is -2.11. The largest absolute Gasteiger partial charge is 0.397 e. The smallest absolute Gasteiger partial charge is 0.0584 e. The molecule has 0 radical (unpaired) electrons. The molecule has 0 unspecified atom stereocenters. The Morgan fingerprint density at radius 3 is 2.33 bits per heavy atom. The second-order valence-corrected chi connectivity index (χ2v) is 3.59. The summed E-state index contributed by atoms with van der Waals surface area (Å²) in [6.45, 7) is 4.11. The van der Waals surface area contributed by atoms with E-state index in [1.54, 1.807) is 6.07 Å². The quantitative estimate of drug-likeness (QED) is 0.660. The molecule has 66 valence electrons. The van der Waals surface area contributed by atoms with Gasteiger partial charge in [0.2, 0.25) is 0 Å². The summed E-state index contributed by atoms with van der Waals surface area (Å²) in [6, 6.07) is 3.53. The van der Waals surface area contributed by atoms with E-state index >= 15 is 0 Å². The molecule has 0 amide bonds. The molecule has 3 heteroatoms. The number of anilines is 2. The molecule has 0 aliphatic carbocycles. The normalized spacial score (nSPS) is 10.7. The van der Waals surface area contributed by atoms with Gasteiger partial charge in [0.25, 0.3) is 0 Å². The molecule has 0 heterocycles. The molecule has 1 aromatic rings. The molecular weight excluding hydrogens is 172 g/mol. The van der Waals surface area contributed by atoms with Crippen molar-refractivity contribution in [2.24, 2.45) is 0 Å². The van der Waals surface area contributed by atoms with Crippen LogP contribution in [0.25, 0.3) is 0 Å². The van der Waals surface area contributed by atoms with Crippen molar-refractivity contribution in [3.8, 4) is 0 Å². The summed E-state index contributed by atoms with van der Waals surface area (Å²) in [6.07, 6.45) is 0. The molecule has 0 spiro atoms. The third-order valence-corrected chi connectivity index (χ3v) is 2.05. The van der Waals surface area contributed by atoms with Crippen LogP contribution in [0, 0.1) is 0 Å². The van der Waals surface area contributed by atoms with Crippen LogP contribution in [0.15, 0.2) is 12.1 Å². The minimum absolute atomic E-state index is 0.353. The molecule has 0 aliphatic rings. The first-order chi connectivity index (χ1) is 5.52. The van der Waals surface area contributed by atoms with Crippen molar-refractivity contribution < 1.29 is 0 Å². The van der Waals surface area contributed by atoms with Gasteiger partial charge in [0, 0.05) is 5.02 Å². The maximum absolute atomic E-state index is 5.83. The van der Waals surface area contributed by atoms with Crippen molar-refractivity contribution in [3.63, 3.8) is 0 Å². The van der Waals surface area contributed by atoms with Crippen molar-refractivity contribution in [1.82, 2.24) is 0 Å². The number of nitrogens with two attached hydrogens (primary N) is 2. The van der Waals surface area contributed by atoms with Gasteiger partial charge in [-0.15, -0.1) is 0 Å². The first kappa shape index (κ1) is 9.20. The maximum atomic E-state index is 5.83. The predicted octanol–water partition coefficient (Wildman–Crippen LogP) is 2.63. The molecule has 0 atom stereocenters. The van der Waals surface area contributed by atoms with Crippen LogP contribution in [0.1, 0.15) is 25.3 Å². The highest BCUT2D eigenvalue weighted by molar-refractivity contribution is 6.31. The van der Waals surface area contributed by atoms with Crippen LogP contribution in [0.5, 0.6) is 0 Å². The van der Waals surface area contributed by atoms with Crippen LogP contribution < -0.4 is 11.5 Å². The molecule has 1 aromatic carbocycles. The van der Waals surface area contributed by atoms with E-state index in [1.165, 1.54) is 0 Å². The molecule has 0 bridgehead atoms. The van der Waals surface area contributed by atoms with E-state index in [4.69, 9.17) is 23.1 Å². The SMILES string of the molecule is CC(C)c1cc(Cl)cc(N)c1N. The second-order valence-electron chi connectivity index (χ2n) is 3.15. The third-order valence-electron chi connectivity index (χ3n) is 1.83. The zero-order valence-electron chi connectivity index (χ0n) is 7.26. The standard InChI is InChI=1S/C9H13ClN2/c1-5(2)7-3-6(10)4-8(11)9(7)12/h3-5H,11-12H2,1-2H3. The van der Waals surface area contributed by atoms with Crippen LogP contribution in [-0.4, -0.2) is 0 Å². The summed E-state index contributed by atoms with van der Waals surface area (Å²) < 4.78 is 0. The Bertz CT molecular complexity index is 295. The lowest BCUT2D eigenvalue weighted by atomic mass is 10.0. The van der Waals surface area contributed by atoms with Gasteiger partial charge in [-0.1, -0.05) is 25.4 Å². The van der Waals surface area contributed by atoms with Gasteiger partial charge < -0.3 is 11.5 Å². The van der Waals surface area contributed by atoms with Gasteiger partial charge in [-0.2, -0.15) is 0 Å². The van der Waals surface area contributed by atoms with Gasteiger partial charge in [0.1, 0.15) is 0 Å². The van der Waals surface area contributed by atoms with E-state index in [2.05, 4.69) is 13.8 Å². The zero-order valence-corrected chi connectivity index (χ0v) is 8.02.